The van der Waals surface area contributed by atoms with Crippen molar-refractivity contribution in [2.24, 2.45) is 0 Å². The van der Waals surface area contributed by atoms with Crippen molar-refractivity contribution in [3.8, 4) is 22.6 Å². The molecule has 0 saturated heterocycles. The van der Waals surface area contributed by atoms with Gasteiger partial charge in [-0.25, -0.2) is 14.4 Å². The van der Waals surface area contributed by atoms with E-state index >= 15 is 0 Å². The number of benzene rings is 1. The number of rotatable bonds is 2. The van der Waals surface area contributed by atoms with Crippen LogP contribution in [0.3, 0.4) is 0 Å². The Morgan fingerprint density at radius 1 is 1.12 bits per heavy atom. The molecular formula is C22H20FN7O2. The van der Waals surface area contributed by atoms with Crippen molar-refractivity contribution in [3.05, 3.63) is 53.9 Å². The highest BCUT2D eigenvalue weighted by Crippen LogP contribution is 2.41. The molecule has 2 aliphatic heterocycles. The highest BCUT2D eigenvalue weighted by atomic mass is 19.1. The van der Waals surface area contributed by atoms with Crippen LogP contribution >= 0.6 is 0 Å². The van der Waals surface area contributed by atoms with Gasteiger partial charge in [0.15, 0.2) is 17.2 Å². The molecule has 2 aliphatic rings. The molecule has 0 aliphatic carbocycles. The second-order valence-corrected chi connectivity index (χ2v) is 8.07. The molecule has 1 atom stereocenters. The number of hydrogen-bond acceptors (Lipinski definition) is 8. The van der Waals surface area contributed by atoms with E-state index < -0.39 is 0 Å². The molecule has 162 valence electrons. The molecule has 0 bridgehead atoms. The minimum absolute atomic E-state index is 0.0498. The van der Waals surface area contributed by atoms with Crippen LogP contribution in [0, 0.1) is 5.82 Å². The van der Waals surface area contributed by atoms with Crippen molar-refractivity contribution in [1.82, 2.24) is 24.6 Å². The lowest BCUT2D eigenvalue weighted by molar-refractivity contribution is 0.249. The average molecular weight is 433 g/mol. The molecule has 0 amide bonds. The van der Waals surface area contributed by atoms with Gasteiger partial charge >= 0.3 is 0 Å². The summed E-state index contributed by atoms with van der Waals surface area (Å²) in [5.41, 5.74) is 3.68. The van der Waals surface area contributed by atoms with Crippen LogP contribution in [0.15, 0.2) is 36.9 Å². The van der Waals surface area contributed by atoms with Gasteiger partial charge in [-0.2, -0.15) is 0 Å². The second kappa shape index (κ2) is 7.04. The largest absolute Gasteiger partial charge is 0.493 e. The summed E-state index contributed by atoms with van der Waals surface area (Å²) in [6.07, 6.45) is 5.12. The Kier molecular flexibility index (Phi) is 4.14. The third kappa shape index (κ3) is 2.83. The second-order valence-electron chi connectivity index (χ2n) is 8.07. The van der Waals surface area contributed by atoms with Crippen LogP contribution in [0.2, 0.25) is 0 Å². The summed E-state index contributed by atoms with van der Waals surface area (Å²) in [7, 11) is 3.77. The van der Waals surface area contributed by atoms with Gasteiger partial charge in [0.25, 0.3) is 0 Å². The number of anilines is 2. The van der Waals surface area contributed by atoms with Gasteiger partial charge < -0.3 is 19.7 Å². The van der Waals surface area contributed by atoms with Gasteiger partial charge in [0, 0.05) is 55.3 Å². The van der Waals surface area contributed by atoms with Crippen LogP contribution in [0.25, 0.3) is 16.8 Å². The molecular weight excluding hydrogens is 413 g/mol. The molecule has 9 nitrogen and oxygen atoms in total. The zero-order valence-electron chi connectivity index (χ0n) is 17.5. The first kappa shape index (κ1) is 18.8. The number of nitrogens with zero attached hydrogens (tertiary/aromatic N) is 6. The number of pyridine rings is 1. The van der Waals surface area contributed by atoms with Crippen molar-refractivity contribution in [2.75, 3.05) is 37.5 Å². The van der Waals surface area contributed by atoms with E-state index in [4.69, 9.17) is 9.47 Å². The molecule has 10 heteroatoms. The third-order valence-electron chi connectivity index (χ3n) is 5.87. The van der Waals surface area contributed by atoms with Gasteiger partial charge in [0.2, 0.25) is 5.95 Å². The standard InChI is InChI=1S/C22H20FN7O2/c1-29(2)22-25-6-12(7-26-22)14-5-18-21(30-11-27-28-20(14)30)24-8-15-16(23)3-4-17-19(15)13(9-31-17)10-32-18/h3-7,11,13,24H,8-10H2,1-2H3/t13-/m0/s1. The Balaban J connectivity index is 1.47. The molecule has 0 unspecified atom stereocenters. The molecule has 5 heterocycles. The SMILES string of the molecule is CN(C)c1ncc(-c2cc3c(n4cnnc24)NCc2c(F)ccc4c2[C@@H](CO4)CO3)cn1. The number of nitrogens with one attached hydrogen (secondary N) is 1. The van der Waals surface area contributed by atoms with Crippen LogP contribution < -0.4 is 19.7 Å². The lowest BCUT2D eigenvalue weighted by atomic mass is 9.96. The highest BCUT2D eigenvalue weighted by Gasteiger charge is 2.31. The molecule has 0 radical (unpaired) electrons. The number of ether oxygens (including phenoxy) is 2. The number of halogens is 1. The molecule has 0 spiro atoms. The summed E-state index contributed by atoms with van der Waals surface area (Å²) in [6, 6.07) is 5.04. The van der Waals surface area contributed by atoms with Crippen LogP contribution in [-0.4, -0.2) is 51.9 Å². The zero-order chi connectivity index (χ0) is 21.8. The van der Waals surface area contributed by atoms with Gasteiger partial charge in [-0.05, 0) is 18.2 Å². The summed E-state index contributed by atoms with van der Waals surface area (Å²) in [5, 5.41) is 11.7. The van der Waals surface area contributed by atoms with Crippen molar-refractivity contribution >= 4 is 17.4 Å². The first-order valence-corrected chi connectivity index (χ1v) is 10.3. The lowest BCUT2D eigenvalue weighted by Gasteiger charge is -2.17. The molecule has 1 N–H and O–H groups in total. The Hall–Kier alpha value is -3.95. The zero-order valence-corrected chi connectivity index (χ0v) is 17.5. The number of fused-ring (bicyclic) bond motifs is 3. The molecule has 32 heavy (non-hydrogen) atoms. The summed E-state index contributed by atoms with van der Waals surface area (Å²) < 4.78 is 28.6. The van der Waals surface area contributed by atoms with Crippen LogP contribution in [0.1, 0.15) is 17.0 Å². The van der Waals surface area contributed by atoms with Crippen LogP contribution in [0.4, 0.5) is 16.2 Å². The monoisotopic (exact) mass is 433 g/mol. The van der Waals surface area contributed by atoms with E-state index in [2.05, 4.69) is 25.5 Å². The van der Waals surface area contributed by atoms with E-state index in [9.17, 15) is 4.39 Å². The van der Waals surface area contributed by atoms with E-state index in [0.29, 0.717) is 48.5 Å². The summed E-state index contributed by atoms with van der Waals surface area (Å²) >= 11 is 0. The summed E-state index contributed by atoms with van der Waals surface area (Å²) in [4.78, 5) is 10.7. The van der Waals surface area contributed by atoms with E-state index in [-0.39, 0.29) is 11.7 Å². The van der Waals surface area contributed by atoms with Crippen LogP contribution in [0.5, 0.6) is 11.5 Å². The number of hydrogen-bond donors (Lipinski definition) is 1. The third-order valence-corrected chi connectivity index (χ3v) is 5.87. The van der Waals surface area contributed by atoms with Crippen molar-refractivity contribution < 1.29 is 13.9 Å². The normalized spacial score (nSPS) is 16.7. The molecule has 4 aromatic rings. The minimum Gasteiger partial charge on any atom is -0.493 e. The van der Waals surface area contributed by atoms with Crippen molar-refractivity contribution in [3.63, 3.8) is 0 Å². The van der Waals surface area contributed by atoms with Gasteiger partial charge in [0.1, 0.15) is 17.9 Å². The molecule has 0 saturated carbocycles. The Labute approximate surface area is 182 Å². The Bertz CT molecular complexity index is 1340. The molecule has 1 aromatic carbocycles. The van der Waals surface area contributed by atoms with E-state index in [1.54, 1.807) is 24.8 Å². The maximum absolute atomic E-state index is 14.7. The quantitative estimate of drug-likeness (QED) is 0.516. The highest BCUT2D eigenvalue weighted by molar-refractivity contribution is 5.81. The van der Waals surface area contributed by atoms with E-state index in [1.807, 2.05) is 29.5 Å². The Morgan fingerprint density at radius 3 is 2.69 bits per heavy atom. The first-order valence-electron chi connectivity index (χ1n) is 10.3. The molecule has 6 rings (SSSR count). The van der Waals surface area contributed by atoms with Gasteiger partial charge in [0.05, 0.1) is 19.1 Å². The molecule has 3 aromatic heterocycles. The minimum atomic E-state index is -0.259. The predicted molar refractivity (Wildman–Crippen MR) is 116 cm³/mol. The predicted octanol–water partition coefficient (Wildman–Crippen LogP) is 2.87. The fourth-order valence-electron chi connectivity index (χ4n) is 4.29. The fourth-order valence-corrected chi connectivity index (χ4v) is 4.29. The maximum atomic E-state index is 14.7. The van der Waals surface area contributed by atoms with Crippen LogP contribution in [-0.2, 0) is 6.54 Å². The first-order chi connectivity index (χ1) is 15.6. The smallest absolute Gasteiger partial charge is 0.224 e. The average Bonchev–Trinajstić information content (AvgIpc) is 3.45. The van der Waals surface area contributed by atoms with Gasteiger partial charge in [-0.15, -0.1) is 10.2 Å². The fraction of sp³-hybridized carbons (Fsp3) is 0.273. The summed E-state index contributed by atoms with van der Waals surface area (Å²) in [5.74, 6) is 2.30. The van der Waals surface area contributed by atoms with E-state index in [0.717, 1.165) is 22.4 Å². The Morgan fingerprint density at radius 2 is 1.91 bits per heavy atom. The lowest BCUT2D eigenvalue weighted by Crippen LogP contribution is -2.13. The van der Waals surface area contributed by atoms with Gasteiger partial charge in [-0.3, -0.25) is 4.40 Å². The van der Waals surface area contributed by atoms with Crippen molar-refractivity contribution in [1.29, 1.82) is 0 Å². The maximum Gasteiger partial charge on any atom is 0.224 e. The van der Waals surface area contributed by atoms with E-state index in [1.165, 1.54) is 6.07 Å². The topological polar surface area (TPSA) is 89.7 Å². The molecule has 0 fully saturated rings. The number of aromatic nitrogens is 5. The van der Waals surface area contributed by atoms with Crippen molar-refractivity contribution in [2.45, 2.75) is 12.5 Å². The van der Waals surface area contributed by atoms with Gasteiger partial charge in [-0.1, -0.05) is 0 Å². The summed E-state index contributed by atoms with van der Waals surface area (Å²) in [6.45, 7) is 1.11.